The Kier molecular flexibility index (Phi) is 6.68. The van der Waals surface area contributed by atoms with Crippen molar-refractivity contribution in [1.29, 1.82) is 0 Å². The molecule has 0 atom stereocenters. The van der Waals surface area contributed by atoms with Crippen LogP contribution in [0, 0.1) is 5.82 Å². The average molecular weight is 452 g/mol. The fourth-order valence-electron chi connectivity index (χ4n) is 2.40. The van der Waals surface area contributed by atoms with Gasteiger partial charge in [-0.1, -0.05) is 12.1 Å². The second kappa shape index (κ2) is 9.23. The Labute approximate surface area is 180 Å². The quantitative estimate of drug-likeness (QED) is 0.368. The van der Waals surface area contributed by atoms with E-state index in [1.54, 1.807) is 32.0 Å². The molecule has 3 rings (SSSR count). The number of hydrogen-bond donors (Lipinski definition) is 0. The van der Waals surface area contributed by atoms with Crippen molar-refractivity contribution < 1.29 is 28.2 Å². The van der Waals surface area contributed by atoms with Crippen LogP contribution in [0.5, 0.6) is 11.6 Å². The first-order valence-electron chi connectivity index (χ1n) is 8.63. The number of halogens is 2. The van der Waals surface area contributed by atoms with Crippen molar-refractivity contribution >= 4 is 46.6 Å². The van der Waals surface area contributed by atoms with Crippen molar-refractivity contribution in [2.24, 2.45) is 0 Å². The molecule has 1 aliphatic heterocycles. The zero-order chi connectivity index (χ0) is 21.8. The highest BCUT2D eigenvalue weighted by atomic mass is 35.5. The molecule has 1 saturated heterocycles. The van der Waals surface area contributed by atoms with E-state index < -0.39 is 29.5 Å². The van der Waals surface area contributed by atoms with Crippen LogP contribution in [0.2, 0.25) is 5.28 Å². The van der Waals surface area contributed by atoms with E-state index in [0.717, 1.165) is 11.1 Å². The Morgan fingerprint density at radius 3 is 2.87 bits per heavy atom. The van der Waals surface area contributed by atoms with Crippen molar-refractivity contribution in [3.63, 3.8) is 0 Å². The van der Waals surface area contributed by atoms with Gasteiger partial charge in [0.05, 0.1) is 17.2 Å². The van der Waals surface area contributed by atoms with Crippen LogP contribution in [0.25, 0.3) is 6.08 Å². The van der Waals surface area contributed by atoms with E-state index in [1.807, 2.05) is 0 Å². The number of rotatable bonds is 6. The number of carbonyl (C=O) groups is 3. The van der Waals surface area contributed by atoms with Gasteiger partial charge in [0.1, 0.15) is 12.3 Å². The molecule has 2 heterocycles. The van der Waals surface area contributed by atoms with Crippen molar-refractivity contribution in [3.8, 4) is 11.6 Å². The van der Waals surface area contributed by atoms with Gasteiger partial charge in [-0.25, -0.2) is 4.98 Å². The van der Waals surface area contributed by atoms with E-state index in [1.165, 1.54) is 12.1 Å². The highest BCUT2D eigenvalue weighted by Crippen LogP contribution is 2.33. The Morgan fingerprint density at radius 2 is 2.13 bits per heavy atom. The van der Waals surface area contributed by atoms with Crippen molar-refractivity contribution in [1.82, 2.24) is 14.9 Å². The van der Waals surface area contributed by atoms with Gasteiger partial charge in [0.25, 0.3) is 17.0 Å². The van der Waals surface area contributed by atoms with Crippen molar-refractivity contribution in [3.05, 3.63) is 52.0 Å². The van der Waals surface area contributed by atoms with Crippen LogP contribution in [0.1, 0.15) is 19.4 Å². The number of thioether (sulfide) groups is 1. The molecule has 1 fully saturated rings. The first kappa shape index (κ1) is 21.7. The molecule has 156 valence electrons. The van der Waals surface area contributed by atoms with Gasteiger partial charge >= 0.3 is 5.97 Å². The predicted molar refractivity (Wildman–Crippen MR) is 107 cm³/mol. The molecule has 0 unspecified atom stereocenters. The maximum Gasteiger partial charge on any atom is 0.326 e. The SMILES string of the molecule is CC(C)OC(=O)CN1C(=O)S/C(=C/c2cccc(Oc3nc(Cl)ncc3F)c2)C1=O. The normalized spacial score (nSPS) is 15.2. The van der Waals surface area contributed by atoms with Gasteiger partial charge in [0.2, 0.25) is 11.1 Å². The lowest BCUT2D eigenvalue weighted by atomic mass is 10.2. The maximum atomic E-state index is 13.8. The minimum absolute atomic E-state index is 0.130. The molecule has 0 bridgehead atoms. The third kappa shape index (κ3) is 5.33. The van der Waals surface area contributed by atoms with E-state index in [4.69, 9.17) is 21.1 Å². The average Bonchev–Trinajstić information content (AvgIpc) is 2.92. The third-order valence-electron chi connectivity index (χ3n) is 3.58. The van der Waals surface area contributed by atoms with Crippen LogP contribution in [0.4, 0.5) is 9.18 Å². The number of benzene rings is 1. The summed E-state index contributed by atoms with van der Waals surface area (Å²) >= 11 is 6.35. The van der Waals surface area contributed by atoms with Gasteiger partial charge in [0, 0.05) is 0 Å². The van der Waals surface area contributed by atoms with E-state index in [9.17, 15) is 18.8 Å². The number of amides is 2. The lowest BCUT2D eigenvalue weighted by molar-refractivity contribution is -0.149. The largest absolute Gasteiger partial charge is 0.462 e. The number of imide groups is 1. The Morgan fingerprint density at radius 1 is 1.37 bits per heavy atom. The van der Waals surface area contributed by atoms with Crippen LogP contribution < -0.4 is 4.74 Å². The van der Waals surface area contributed by atoms with Gasteiger partial charge in [-0.15, -0.1) is 0 Å². The zero-order valence-electron chi connectivity index (χ0n) is 15.8. The Bertz CT molecular complexity index is 1050. The van der Waals surface area contributed by atoms with E-state index in [-0.39, 0.29) is 27.9 Å². The fourth-order valence-corrected chi connectivity index (χ4v) is 3.36. The smallest absolute Gasteiger partial charge is 0.326 e. The number of esters is 1. The first-order valence-corrected chi connectivity index (χ1v) is 9.83. The van der Waals surface area contributed by atoms with Crippen LogP contribution >= 0.6 is 23.4 Å². The molecule has 0 aliphatic carbocycles. The summed E-state index contributed by atoms with van der Waals surface area (Å²) < 4.78 is 24.1. The number of nitrogens with zero attached hydrogens (tertiary/aromatic N) is 3. The molecular weight excluding hydrogens is 437 g/mol. The summed E-state index contributed by atoms with van der Waals surface area (Å²) in [5.41, 5.74) is 0.517. The molecule has 0 saturated carbocycles. The van der Waals surface area contributed by atoms with E-state index >= 15 is 0 Å². The standard InChI is InChI=1S/C19H15ClFN3O5S/c1-10(2)28-15(25)9-24-17(26)14(30-19(24)27)7-11-4-3-5-12(6-11)29-16-13(21)8-22-18(20)23-16/h3-8,10H,9H2,1-2H3/b14-7+. The van der Waals surface area contributed by atoms with Gasteiger partial charge in [-0.3, -0.25) is 19.3 Å². The Balaban J connectivity index is 1.76. The van der Waals surface area contributed by atoms with Crippen LogP contribution in [-0.2, 0) is 14.3 Å². The lowest BCUT2D eigenvalue weighted by Crippen LogP contribution is -2.35. The summed E-state index contributed by atoms with van der Waals surface area (Å²) in [5.74, 6) is -2.19. The summed E-state index contributed by atoms with van der Waals surface area (Å²) in [4.78, 5) is 44.5. The van der Waals surface area contributed by atoms with Crippen LogP contribution in [0.15, 0.2) is 35.4 Å². The zero-order valence-corrected chi connectivity index (χ0v) is 17.4. The lowest BCUT2D eigenvalue weighted by Gasteiger charge is -2.13. The highest BCUT2D eigenvalue weighted by Gasteiger charge is 2.36. The molecule has 2 amide bonds. The van der Waals surface area contributed by atoms with Crippen molar-refractivity contribution in [2.45, 2.75) is 20.0 Å². The van der Waals surface area contributed by atoms with Crippen LogP contribution in [-0.4, -0.2) is 44.6 Å². The maximum absolute atomic E-state index is 13.8. The summed E-state index contributed by atoms with van der Waals surface area (Å²) in [5, 5.41) is -0.746. The summed E-state index contributed by atoms with van der Waals surface area (Å²) in [7, 11) is 0. The number of carbonyl (C=O) groups excluding carboxylic acids is 3. The second-order valence-corrected chi connectivity index (χ2v) is 7.60. The topological polar surface area (TPSA) is 98.7 Å². The molecule has 1 aromatic heterocycles. The molecule has 8 nitrogen and oxygen atoms in total. The molecular formula is C19H15ClFN3O5S. The van der Waals surface area contributed by atoms with Gasteiger partial charge in [-0.05, 0) is 61.0 Å². The van der Waals surface area contributed by atoms with E-state index in [2.05, 4.69) is 9.97 Å². The number of ether oxygens (including phenoxy) is 2. The first-order chi connectivity index (χ1) is 14.2. The van der Waals surface area contributed by atoms with Gasteiger partial charge < -0.3 is 9.47 Å². The number of aromatic nitrogens is 2. The monoisotopic (exact) mass is 451 g/mol. The van der Waals surface area contributed by atoms with Crippen molar-refractivity contribution in [2.75, 3.05) is 6.54 Å². The minimum atomic E-state index is -0.792. The molecule has 30 heavy (non-hydrogen) atoms. The van der Waals surface area contributed by atoms with Gasteiger partial charge in [0.15, 0.2) is 0 Å². The fraction of sp³-hybridized carbons (Fsp3) is 0.211. The molecule has 0 spiro atoms. The minimum Gasteiger partial charge on any atom is -0.462 e. The van der Waals surface area contributed by atoms with E-state index in [0.29, 0.717) is 17.3 Å². The summed E-state index contributed by atoms with van der Waals surface area (Å²) in [6.07, 6.45) is 1.99. The molecule has 0 N–H and O–H groups in total. The third-order valence-corrected chi connectivity index (χ3v) is 4.67. The molecule has 0 radical (unpaired) electrons. The molecule has 1 aromatic carbocycles. The molecule has 11 heteroatoms. The Hall–Kier alpha value is -2.98. The van der Waals surface area contributed by atoms with Gasteiger partial charge in [-0.2, -0.15) is 9.37 Å². The molecule has 2 aromatic rings. The predicted octanol–water partition coefficient (Wildman–Crippen LogP) is 4.05. The molecule has 1 aliphatic rings. The van der Waals surface area contributed by atoms with Crippen LogP contribution in [0.3, 0.4) is 0 Å². The number of hydrogen-bond acceptors (Lipinski definition) is 8. The second-order valence-electron chi connectivity index (χ2n) is 6.27. The summed E-state index contributed by atoms with van der Waals surface area (Å²) in [6.45, 7) is 2.88. The summed E-state index contributed by atoms with van der Waals surface area (Å²) in [6, 6.07) is 6.36. The highest BCUT2D eigenvalue weighted by molar-refractivity contribution is 8.18.